The number of rotatable bonds is 5. The van der Waals surface area contributed by atoms with E-state index < -0.39 is 0 Å². The zero-order chi connectivity index (χ0) is 11.3. The summed E-state index contributed by atoms with van der Waals surface area (Å²) in [7, 11) is 0. The minimum absolute atomic E-state index is 0.0168. The van der Waals surface area contributed by atoms with Crippen LogP contribution in [0.3, 0.4) is 0 Å². The van der Waals surface area contributed by atoms with Gasteiger partial charge in [0.25, 0.3) is 0 Å². The summed E-state index contributed by atoms with van der Waals surface area (Å²) in [6, 6.07) is 7.15. The number of aliphatic hydroxyl groups is 1. The van der Waals surface area contributed by atoms with Gasteiger partial charge in [0.15, 0.2) is 0 Å². The monoisotopic (exact) mass is 246 g/mol. The minimum atomic E-state index is -0.213. The number of ketones is 1. The number of carbonyl (C=O) groups is 1. The van der Waals surface area contributed by atoms with Crippen LogP contribution < -0.4 is 0 Å². The first kappa shape index (κ1) is 12.5. The predicted octanol–water partition coefficient (Wildman–Crippen LogP) is 2.61. The molecule has 0 aliphatic carbocycles. The van der Waals surface area contributed by atoms with Gasteiger partial charge < -0.3 is 5.11 Å². The Morgan fingerprint density at radius 1 is 1.47 bits per heavy atom. The van der Waals surface area contributed by atoms with Gasteiger partial charge in [0.1, 0.15) is 5.78 Å². The van der Waals surface area contributed by atoms with Crippen molar-refractivity contribution >= 4 is 29.0 Å². The van der Waals surface area contributed by atoms with Crippen molar-refractivity contribution < 1.29 is 9.90 Å². The van der Waals surface area contributed by atoms with Gasteiger partial charge >= 0.3 is 0 Å². The molecule has 0 aliphatic rings. The Hall–Kier alpha value is -0.570. The molecule has 1 aromatic carbocycles. The van der Waals surface area contributed by atoms with Gasteiger partial charge in [-0.05, 0) is 17.7 Å². The van der Waals surface area contributed by atoms with E-state index in [1.807, 2.05) is 6.07 Å². The van der Waals surface area contributed by atoms with Gasteiger partial charge in [0.2, 0.25) is 0 Å². The molecular formula is C11H12Cl2O2. The molecular weight excluding hydrogens is 235 g/mol. The molecule has 0 aromatic heterocycles. The second-order valence-electron chi connectivity index (χ2n) is 3.31. The first-order valence-corrected chi connectivity index (χ1v) is 5.52. The molecule has 1 N–H and O–H groups in total. The molecule has 0 aliphatic heterocycles. The highest BCUT2D eigenvalue weighted by molar-refractivity contribution is 6.30. The Morgan fingerprint density at radius 2 is 2.20 bits per heavy atom. The lowest BCUT2D eigenvalue weighted by atomic mass is 9.95. The molecule has 4 heteroatoms. The topological polar surface area (TPSA) is 37.3 Å². The summed E-state index contributed by atoms with van der Waals surface area (Å²) in [5.41, 5.74) is 0.864. The molecule has 0 saturated heterocycles. The quantitative estimate of drug-likeness (QED) is 0.812. The Bertz CT molecular complexity index is 339. The van der Waals surface area contributed by atoms with E-state index in [0.717, 1.165) is 5.56 Å². The van der Waals surface area contributed by atoms with Crippen molar-refractivity contribution in [2.75, 3.05) is 12.5 Å². The fraction of sp³-hybridized carbons (Fsp3) is 0.364. The van der Waals surface area contributed by atoms with Crippen LogP contribution in [0, 0.1) is 0 Å². The zero-order valence-corrected chi connectivity index (χ0v) is 9.63. The van der Waals surface area contributed by atoms with E-state index in [1.54, 1.807) is 18.2 Å². The van der Waals surface area contributed by atoms with E-state index in [-0.39, 0.29) is 30.6 Å². The Labute approximate surface area is 98.8 Å². The number of hydrogen-bond acceptors (Lipinski definition) is 2. The normalized spacial score (nSPS) is 12.5. The third-order valence-electron chi connectivity index (χ3n) is 2.16. The fourth-order valence-corrected chi connectivity index (χ4v) is 1.69. The van der Waals surface area contributed by atoms with E-state index in [4.69, 9.17) is 23.2 Å². The minimum Gasteiger partial charge on any atom is -0.396 e. The number of hydrogen-bond donors (Lipinski definition) is 1. The van der Waals surface area contributed by atoms with Crippen LogP contribution in [0.4, 0.5) is 0 Å². The summed E-state index contributed by atoms with van der Waals surface area (Å²) in [6.07, 6.45) is 0.250. The number of benzene rings is 1. The van der Waals surface area contributed by atoms with Crippen LogP contribution in [0.15, 0.2) is 24.3 Å². The van der Waals surface area contributed by atoms with Gasteiger partial charge in [0, 0.05) is 17.4 Å². The van der Waals surface area contributed by atoms with Crippen molar-refractivity contribution in [3.05, 3.63) is 34.9 Å². The predicted molar refractivity (Wildman–Crippen MR) is 61.6 cm³/mol. The van der Waals surface area contributed by atoms with E-state index in [0.29, 0.717) is 5.02 Å². The van der Waals surface area contributed by atoms with Crippen LogP contribution in [-0.2, 0) is 4.79 Å². The average molecular weight is 247 g/mol. The Morgan fingerprint density at radius 3 is 2.73 bits per heavy atom. The highest BCUT2D eigenvalue weighted by atomic mass is 35.5. The first-order valence-electron chi connectivity index (χ1n) is 4.61. The SMILES string of the molecule is O=C(CCl)CC(CO)c1cccc(Cl)c1. The smallest absolute Gasteiger partial charge is 0.148 e. The number of halogens is 2. The van der Waals surface area contributed by atoms with E-state index in [9.17, 15) is 9.90 Å². The highest BCUT2D eigenvalue weighted by Gasteiger charge is 2.14. The first-order chi connectivity index (χ1) is 7.17. The van der Waals surface area contributed by atoms with Gasteiger partial charge in [0.05, 0.1) is 12.5 Å². The second kappa shape index (κ2) is 6.11. The average Bonchev–Trinajstić information content (AvgIpc) is 2.25. The van der Waals surface area contributed by atoms with E-state index in [2.05, 4.69) is 0 Å². The van der Waals surface area contributed by atoms with E-state index >= 15 is 0 Å². The lowest BCUT2D eigenvalue weighted by molar-refractivity contribution is -0.117. The van der Waals surface area contributed by atoms with Gasteiger partial charge in [-0.2, -0.15) is 0 Å². The van der Waals surface area contributed by atoms with Crippen LogP contribution in [0.5, 0.6) is 0 Å². The number of alkyl halides is 1. The standard InChI is InChI=1S/C11H12Cl2O2/c12-6-11(15)5-9(7-14)8-2-1-3-10(13)4-8/h1-4,9,14H,5-7H2. The van der Waals surface area contributed by atoms with Crippen molar-refractivity contribution in [1.29, 1.82) is 0 Å². The summed E-state index contributed by atoms with van der Waals surface area (Å²) in [5, 5.41) is 9.78. The Kier molecular flexibility index (Phi) is 5.09. The van der Waals surface area contributed by atoms with Crippen molar-refractivity contribution in [3.63, 3.8) is 0 Å². The fourth-order valence-electron chi connectivity index (χ4n) is 1.38. The number of Topliss-reactive ketones (excluding diaryl/α,β-unsaturated/α-hetero) is 1. The molecule has 0 saturated carbocycles. The number of carbonyl (C=O) groups excluding carboxylic acids is 1. The molecule has 15 heavy (non-hydrogen) atoms. The summed E-state index contributed by atoms with van der Waals surface area (Å²) in [5.74, 6) is -0.303. The molecule has 0 heterocycles. The summed E-state index contributed by atoms with van der Waals surface area (Å²) in [6.45, 7) is -0.0804. The second-order valence-corrected chi connectivity index (χ2v) is 4.01. The van der Waals surface area contributed by atoms with E-state index in [1.165, 1.54) is 0 Å². The van der Waals surface area contributed by atoms with Crippen LogP contribution >= 0.6 is 23.2 Å². The van der Waals surface area contributed by atoms with Gasteiger partial charge in [-0.3, -0.25) is 4.79 Å². The molecule has 0 fully saturated rings. The van der Waals surface area contributed by atoms with Crippen LogP contribution in [0.25, 0.3) is 0 Å². The Balaban J connectivity index is 2.78. The maximum Gasteiger partial charge on any atom is 0.148 e. The zero-order valence-electron chi connectivity index (χ0n) is 8.12. The molecule has 1 atom stereocenters. The number of aliphatic hydroxyl groups excluding tert-OH is 1. The van der Waals surface area contributed by atoms with Crippen molar-refractivity contribution in [2.45, 2.75) is 12.3 Å². The van der Waals surface area contributed by atoms with Crippen molar-refractivity contribution in [2.24, 2.45) is 0 Å². The molecule has 1 aromatic rings. The summed E-state index contributed by atoms with van der Waals surface area (Å²) in [4.78, 5) is 11.2. The van der Waals surface area contributed by atoms with Gasteiger partial charge in [-0.15, -0.1) is 11.6 Å². The van der Waals surface area contributed by atoms with Crippen LogP contribution in [0.2, 0.25) is 5.02 Å². The molecule has 0 radical (unpaired) electrons. The summed E-state index contributed by atoms with van der Waals surface area (Å²) >= 11 is 11.2. The van der Waals surface area contributed by atoms with Crippen molar-refractivity contribution in [3.8, 4) is 0 Å². The highest BCUT2D eigenvalue weighted by Crippen LogP contribution is 2.22. The maximum atomic E-state index is 11.2. The molecule has 1 unspecified atom stereocenters. The third-order valence-corrected chi connectivity index (χ3v) is 2.70. The van der Waals surface area contributed by atoms with Crippen LogP contribution in [-0.4, -0.2) is 23.4 Å². The maximum absolute atomic E-state index is 11.2. The van der Waals surface area contributed by atoms with Crippen LogP contribution in [0.1, 0.15) is 17.9 Å². The van der Waals surface area contributed by atoms with Gasteiger partial charge in [-0.1, -0.05) is 23.7 Å². The van der Waals surface area contributed by atoms with Crippen molar-refractivity contribution in [1.82, 2.24) is 0 Å². The molecule has 82 valence electrons. The lowest BCUT2D eigenvalue weighted by Crippen LogP contribution is -2.11. The molecule has 1 rings (SSSR count). The largest absolute Gasteiger partial charge is 0.396 e. The molecule has 2 nitrogen and oxygen atoms in total. The van der Waals surface area contributed by atoms with Gasteiger partial charge in [-0.25, -0.2) is 0 Å². The summed E-state index contributed by atoms with van der Waals surface area (Å²) < 4.78 is 0. The molecule has 0 spiro atoms. The third kappa shape index (κ3) is 3.82. The molecule has 0 amide bonds. The lowest BCUT2D eigenvalue weighted by Gasteiger charge is -2.13. The molecule has 0 bridgehead atoms.